The Hall–Kier alpha value is -10.2. The molecule has 9 N–H and O–H groups in total. The molecule has 1 fully saturated rings. The Morgan fingerprint density at radius 3 is 2.26 bits per heavy atom. The number of carbonyl (C=O) groups excluding carboxylic acids is 9. The van der Waals surface area contributed by atoms with E-state index in [0.717, 1.165) is 16.9 Å². The molecule has 0 radical (unpaired) electrons. The molecule has 27 nitrogen and oxygen atoms in total. The van der Waals surface area contributed by atoms with Crippen molar-refractivity contribution in [2.75, 3.05) is 55.9 Å². The zero-order valence-corrected chi connectivity index (χ0v) is 61.3. The summed E-state index contributed by atoms with van der Waals surface area (Å²) in [7, 11) is 3.54. The quantitative estimate of drug-likeness (QED) is 0.0105. The highest BCUT2D eigenvalue weighted by Crippen LogP contribution is 2.51. The van der Waals surface area contributed by atoms with Crippen molar-refractivity contribution in [3.8, 4) is 28.7 Å². The minimum atomic E-state index is -2.08. The van der Waals surface area contributed by atoms with Gasteiger partial charge >= 0.3 is 17.8 Å². The van der Waals surface area contributed by atoms with Crippen LogP contribution in [0.25, 0.3) is 33.3 Å². The van der Waals surface area contributed by atoms with Gasteiger partial charge in [0.1, 0.15) is 52.3 Å². The molecular weight excluding hydrogens is 1340 g/mol. The number of Topliss-reactive ketones (excluding diaryl/α,β-unsaturated/α-hetero) is 1. The number of amides is 8. The van der Waals surface area contributed by atoms with Crippen LogP contribution in [-0.4, -0.2) is 155 Å². The molecule has 0 aromatic heterocycles. The predicted molar refractivity (Wildman–Crippen MR) is 391 cm³/mol. The van der Waals surface area contributed by atoms with Crippen molar-refractivity contribution in [3.63, 3.8) is 0 Å². The fourth-order valence-electron chi connectivity index (χ4n) is 14.3. The van der Waals surface area contributed by atoms with E-state index in [-0.39, 0.29) is 141 Å². The fourth-order valence-corrected chi connectivity index (χ4v) is 14.3. The number of methoxy groups -OCH3 is 1. The van der Waals surface area contributed by atoms with Gasteiger partial charge in [-0.05, 0) is 120 Å². The van der Waals surface area contributed by atoms with Gasteiger partial charge in [0.05, 0.1) is 23.3 Å². The molecule has 0 spiro atoms. The number of esters is 1. The molecule has 5 aliphatic heterocycles. The van der Waals surface area contributed by atoms with Crippen molar-refractivity contribution in [2.24, 2.45) is 35.3 Å². The highest BCUT2D eigenvalue weighted by Gasteiger charge is 2.50. The smallest absolute Gasteiger partial charge is 0.312 e. The van der Waals surface area contributed by atoms with Gasteiger partial charge < -0.3 is 70.8 Å². The van der Waals surface area contributed by atoms with Crippen LogP contribution in [0.1, 0.15) is 148 Å². The average Bonchev–Trinajstić information content (AvgIpc) is 1.40. The fraction of sp³-hybridized carbons (Fsp3) is 0.494. The van der Waals surface area contributed by atoms with E-state index in [9.17, 15) is 48.6 Å². The summed E-state index contributed by atoms with van der Waals surface area (Å²) in [5.41, 5.74) is 5.96. The first-order valence-electron chi connectivity index (χ1n) is 35.7. The van der Waals surface area contributed by atoms with Crippen molar-refractivity contribution in [3.05, 3.63) is 112 Å². The SMILES string of the molecule is CO[C@H]1/C=C/O[C@@]2(C)Oc3c(C)c(O)c4c(=O)c(c5oc6cc(N7CCC(N(C)Cc8ccc(NC(=O)[C@H](CCCNC(N)=O)NC(=O)[C@@H](NC(=O)CCCCCN9C(=O)C=CC9=O)C(C)C)cc8)CC7)cc(O)c6nc-5c4c3C2=O)NC(=O)/C(C)=C\C=C\[C@H](C)C[C@@H](C)C[C@@H](C)[C@H](OC(C)=O)[C@@H]1C. The number of allylic oxidation sites excluding steroid dienone is 3. The molecule has 0 unspecified atom stereocenters. The van der Waals surface area contributed by atoms with Crippen LogP contribution in [0.15, 0.2) is 93.9 Å². The highest BCUT2D eigenvalue weighted by molar-refractivity contribution is 6.22. The number of aromatic nitrogens is 1. The van der Waals surface area contributed by atoms with E-state index in [2.05, 4.69) is 50.2 Å². The molecule has 104 heavy (non-hydrogen) atoms. The van der Waals surface area contributed by atoms with Gasteiger partial charge in [-0.15, -0.1) is 0 Å². The zero-order chi connectivity index (χ0) is 75.6. The van der Waals surface area contributed by atoms with Crippen LogP contribution in [0.4, 0.5) is 21.9 Å². The van der Waals surface area contributed by atoms with Crippen LogP contribution in [-0.2, 0) is 54.3 Å². The van der Waals surface area contributed by atoms with Crippen LogP contribution >= 0.6 is 0 Å². The van der Waals surface area contributed by atoms with Crippen molar-refractivity contribution in [1.29, 1.82) is 0 Å². The Morgan fingerprint density at radius 2 is 1.60 bits per heavy atom. The summed E-state index contributed by atoms with van der Waals surface area (Å²) in [4.78, 5) is 144. The summed E-state index contributed by atoms with van der Waals surface area (Å²) in [6, 6.07) is 7.92. The molecule has 1 saturated heterocycles. The Kier molecular flexibility index (Phi) is 25.5. The average molecular weight is 1440 g/mol. The molecule has 5 heterocycles. The second-order valence-electron chi connectivity index (χ2n) is 28.6. The minimum absolute atomic E-state index is 0.0272. The maximum absolute atomic E-state index is 15.2. The van der Waals surface area contributed by atoms with E-state index >= 15 is 9.59 Å². The van der Waals surface area contributed by atoms with Gasteiger partial charge in [-0.2, -0.15) is 0 Å². The van der Waals surface area contributed by atoms with E-state index in [4.69, 9.17) is 34.1 Å². The van der Waals surface area contributed by atoms with Crippen molar-refractivity contribution in [1.82, 2.24) is 30.7 Å². The number of primary amides is 1. The number of benzene rings is 4. The number of fused-ring (bicyclic) bond motifs is 2. The number of rotatable bonds is 22. The lowest BCUT2D eigenvalue weighted by Crippen LogP contribution is -2.54. The van der Waals surface area contributed by atoms with Crippen molar-refractivity contribution < 1.29 is 76.7 Å². The Bertz CT molecular complexity index is 4230. The number of hydrogen-bond acceptors (Lipinski definition) is 20. The van der Waals surface area contributed by atoms with E-state index in [1.165, 1.54) is 46.3 Å². The van der Waals surface area contributed by atoms with Crippen LogP contribution in [0.2, 0.25) is 0 Å². The van der Waals surface area contributed by atoms with Gasteiger partial charge in [-0.25, -0.2) is 9.78 Å². The third-order valence-corrected chi connectivity index (χ3v) is 20.0. The number of aromatic hydroxyl groups is 2. The number of unbranched alkanes of at least 4 members (excludes halogenated alkanes) is 2. The van der Waals surface area contributed by atoms with E-state index in [0.29, 0.717) is 76.0 Å². The van der Waals surface area contributed by atoms with E-state index in [1.807, 2.05) is 39.1 Å². The number of nitrogens with two attached hydrogens (primary N) is 1. The minimum Gasteiger partial charge on any atom is -0.507 e. The lowest BCUT2D eigenvalue weighted by atomic mass is 9.82. The van der Waals surface area contributed by atoms with Crippen LogP contribution in [0.3, 0.4) is 0 Å². The Morgan fingerprint density at radius 1 is 0.894 bits per heavy atom. The number of phenolic OH excluding ortho intramolecular Hbond substituents is 2. The molecule has 9 rings (SSSR count). The lowest BCUT2D eigenvalue weighted by Gasteiger charge is -2.38. The summed E-state index contributed by atoms with van der Waals surface area (Å²) in [5, 5.41) is 37.3. The Balaban J connectivity index is 0.912. The van der Waals surface area contributed by atoms with Crippen molar-refractivity contribution in [2.45, 2.75) is 176 Å². The van der Waals surface area contributed by atoms with Crippen LogP contribution in [0.5, 0.6) is 17.2 Å². The molecule has 0 saturated carbocycles. The van der Waals surface area contributed by atoms with Gasteiger partial charge in [0.2, 0.25) is 23.2 Å². The molecule has 4 bridgehead atoms. The molecular formula is C77H98N10O17. The summed E-state index contributed by atoms with van der Waals surface area (Å²) in [6.07, 6.45) is 14.4. The predicted octanol–water partition coefficient (Wildman–Crippen LogP) is 9.31. The normalized spacial score (nSPS) is 23.0. The van der Waals surface area contributed by atoms with Gasteiger partial charge in [0.25, 0.3) is 23.5 Å². The number of ketones is 1. The van der Waals surface area contributed by atoms with Gasteiger partial charge in [0, 0.05) is 124 Å². The first-order valence-corrected chi connectivity index (χ1v) is 35.7. The largest absolute Gasteiger partial charge is 0.507 e. The maximum Gasteiger partial charge on any atom is 0.312 e. The monoisotopic (exact) mass is 1430 g/mol. The first kappa shape index (κ1) is 78.0. The number of nitrogens with zero attached hydrogens (tertiary/aromatic N) is 4. The molecule has 3 aromatic rings. The second-order valence-corrected chi connectivity index (χ2v) is 28.6. The number of phenols is 2. The van der Waals surface area contributed by atoms with Gasteiger partial charge in [-0.3, -0.25) is 53.0 Å². The molecule has 3 aromatic carbocycles. The lowest BCUT2D eigenvalue weighted by molar-refractivity contribution is -0.155. The van der Waals surface area contributed by atoms with Gasteiger partial charge in [0.15, 0.2) is 11.3 Å². The summed E-state index contributed by atoms with van der Waals surface area (Å²) in [6.45, 7) is 19.5. The standard InChI is InChI=1S/C77H98N10O17/c1-41(2)63(82-57(90)21-14-13-15-32-87-58(91)26-27-59(87)92)75(98)81-53(20-17-31-79-76(78)99)74(97)80-50-24-22-49(23-25-50)40-85(11)51-28-33-86(34-29-51)52-38-54(89)64-56(39-52)103-71-65(83-64)60-61-67(93)47(8)70-62(60)72(95)77(10,104-70)101-35-30-55(100-12)46(7)69(102-48(9)88)45(6)37-43(4)36-42(3)18-16-19-44(5)73(96)84-66(71)68(61)94/h16,18-19,22-27,30,35,38-39,41-43,45-46,51,53,55,63,69,89,93H,13-15,17,20-21,28-29,31-34,36-37,40H2,1-12H3,(H,80,97)(H,81,98)(H,82,90)(H,84,96)(H3,78,79,99)/b18-16+,35-30+,44-19-/t42-,43+,45+,46+,53-,55-,63-,69-,77-/m0/s1. The molecule has 1 aliphatic carbocycles. The summed E-state index contributed by atoms with van der Waals surface area (Å²) < 4.78 is 31.1. The number of piperidine rings is 1. The maximum atomic E-state index is 15.2. The Labute approximate surface area is 604 Å². The number of urea groups is 1. The topological polar surface area (TPSA) is 370 Å². The molecule has 558 valence electrons. The van der Waals surface area contributed by atoms with Crippen LogP contribution < -0.4 is 47.4 Å². The molecule has 27 heteroatoms. The summed E-state index contributed by atoms with van der Waals surface area (Å²) >= 11 is 0. The second kappa shape index (κ2) is 34.0. The van der Waals surface area contributed by atoms with E-state index in [1.54, 1.807) is 63.3 Å². The number of hydrogen-bond donors (Lipinski definition) is 8. The third-order valence-electron chi connectivity index (χ3n) is 20.0. The highest BCUT2D eigenvalue weighted by atomic mass is 16.7. The molecule has 9 atom stereocenters. The number of imide groups is 1. The van der Waals surface area contributed by atoms with Crippen LogP contribution in [0, 0.1) is 36.5 Å². The first-order chi connectivity index (χ1) is 49.4. The number of nitrogens with one attached hydrogen (secondary N) is 5. The zero-order valence-electron chi connectivity index (χ0n) is 61.3. The third kappa shape index (κ3) is 18.2. The van der Waals surface area contributed by atoms with Gasteiger partial charge in [-0.1, -0.05) is 78.3 Å². The van der Waals surface area contributed by atoms with Crippen molar-refractivity contribution >= 4 is 92.2 Å². The number of anilines is 3. The number of carbonyl (C=O) groups is 9. The number of ether oxygens (including phenoxy) is 4. The van der Waals surface area contributed by atoms with E-state index < -0.39 is 82.7 Å². The molecule has 8 amide bonds. The molecule has 6 aliphatic rings. The summed E-state index contributed by atoms with van der Waals surface area (Å²) in [5.74, 6) is -7.87.